The Bertz CT molecular complexity index is 683. The Kier molecular flexibility index (Phi) is 6.07. The number of hydrogen-bond acceptors (Lipinski definition) is 3. The van der Waals surface area contributed by atoms with Crippen LogP contribution in [0.4, 0.5) is 0 Å². The smallest absolute Gasteiger partial charge is 0.225 e. The highest BCUT2D eigenvalue weighted by Gasteiger charge is 2.41. The van der Waals surface area contributed by atoms with Crippen LogP contribution >= 0.6 is 0 Å². The van der Waals surface area contributed by atoms with E-state index in [0.717, 1.165) is 45.2 Å². The zero-order chi connectivity index (χ0) is 19.6. The zero-order valence-electron chi connectivity index (χ0n) is 17.7. The minimum absolute atomic E-state index is 0.0595. The molecule has 1 spiro atoms. The molecule has 28 heavy (non-hydrogen) atoms. The van der Waals surface area contributed by atoms with Gasteiger partial charge < -0.3 is 14.5 Å². The van der Waals surface area contributed by atoms with Crippen LogP contribution in [-0.4, -0.2) is 55.1 Å². The molecule has 4 heteroatoms. The number of carbonyl (C=O) groups is 1. The summed E-state index contributed by atoms with van der Waals surface area (Å²) in [7, 11) is 0. The monoisotopic (exact) mass is 384 g/mol. The second-order valence-electron chi connectivity index (χ2n) is 9.69. The number of fused-ring (bicyclic) bond motifs is 1. The van der Waals surface area contributed by atoms with Gasteiger partial charge in [0.2, 0.25) is 5.91 Å². The van der Waals surface area contributed by atoms with E-state index in [-0.39, 0.29) is 11.3 Å². The number of carbonyl (C=O) groups excluding carboxylic acids is 1. The molecule has 0 bridgehead atoms. The molecule has 2 fully saturated rings. The van der Waals surface area contributed by atoms with Gasteiger partial charge in [-0.1, -0.05) is 38.1 Å². The van der Waals surface area contributed by atoms with Gasteiger partial charge >= 0.3 is 0 Å². The molecule has 0 N–H and O–H groups in total. The van der Waals surface area contributed by atoms with E-state index >= 15 is 0 Å². The average Bonchev–Trinajstić information content (AvgIpc) is 2.84. The molecule has 154 valence electrons. The Morgan fingerprint density at radius 3 is 2.68 bits per heavy atom. The first kappa shape index (κ1) is 19.9. The highest BCUT2D eigenvalue weighted by molar-refractivity contribution is 5.78. The van der Waals surface area contributed by atoms with Gasteiger partial charge in [-0.25, -0.2) is 0 Å². The van der Waals surface area contributed by atoms with Crippen LogP contribution in [0.1, 0.15) is 50.7 Å². The molecule has 1 unspecified atom stereocenters. The fourth-order valence-corrected chi connectivity index (χ4v) is 5.56. The van der Waals surface area contributed by atoms with Crippen LogP contribution in [0.15, 0.2) is 24.3 Å². The highest BCUT2D eigenvalue weighted by Crippen LogP contribution is 2.39. The fraction of sp³-hybridized carbons (Fsp3) is 0.708. The summed E-state index contributed by atoms with van der Waals surface area (Å²) in [5, 5.41) is 0. The lowest BCUT2D eigenvalue weighted by Gasteiger charge is -2.45. The molecular weight excluding hydrogens is 348 g/mol. The first-order valence-corrected chi connectivity index (χ1v) is 11.2. The van der Waals surface area contributed by atoms with Crippen molar-refractivity contribution >= 4 is 5.91 Å². The van der Waals surface area contributed by atoms with Crippen molar-refractivity contribution in [3.05, 3.63) is 35.4 Å². The molecule has 0 saturated carbocycles. The second kappa shape index (κ2) is 8.54. The third-order valence-electron chi connectivity index (χ3n) is 6.97. The van der Waals surface area contributed by atoms with Gasteiger partial charge in [-0.2, -0.15) is 0 Å². The van der Waals surface area contributed by atoms with Crippen LogP contribution in [0.25, 0.3) is 0 Å². The van der Waals surface area contributed by atoms with E-state index in [1.165, 1.54) is 49.9 Å². The summed E-state index contributed by atoms with van der Waals surface area (Å²) in [4.78, 5) is 17.8. The molecule has 2 saturated heterocycles. The average molecular weight is 385 g/mol. The van der Waals surface area contributed by atoms with Crippen LogP contribution in [0.2, 0.25) is 0 Å². The Morgan fingerprint density at radius 1 is 1.18 bits per heavy atom. The maximum absolute atomic E-state index is 13.0. The summed E-state index contributed by atoms with van der Waals surface area (Å²) in [6.45, 7) is 11.1. The van der Waals surface area contributed by atoms with Crippen LogP contribution in [0.3, 0.4) is 0 Å². The van der Waals surface area contributed by atoms with Crippen molar-refractivity contribution in [3.63, 3.8) is 0 Å². The maximum atomic E-state index is 13.0. The molecule has 0 aliphatic carbocycles. The molecule has 3 aliphatic rings. The minimum Gasteiger partial charge on any atom is -0.381 e. The third kappa shape index (κ3) is 4.44. The van der Waals surface area contributed by atoms with Gasteiger partial charge in [0.1, 0.15) is 0 Å². The minimum atomic E-state index is 0.0595. The molecule has 1 atom stereocenters. The molecule has 4 nitrogen and oxygen atoms in total. The van der Waals surface area contributed by atoms with E-state index < -0.39 is 0 Å². The van der Waals surface area contributed by atoms with Gasteiger partial charge in [0.05, 0.1) is 0 Å². The molecule has 1 aromatic rings. The topological polar surface area (TPSA) is 32.8 Å². The van der Waals surface area contributed by atoms with Crippen molar-refractivity contribution in [2.45, 2.75) is 52.5 Å². The van der Waals surface area contributed by atoms with E-state index in [2.05, 4.69) is 34.1 Å². The summed E-state index contributed by atoms with van der Waals surface area (Å²) in [5.41, 5.74) is 2.99. The van der Waals surface area contributed by atoms with Gasteiger partial charge in [0, 0.05) is 50.7 Å². The van der Waals surface area contributed by atoms with Gasteiger partial charge in [-0.05, 0) is 55.7 Å². The maximum Gasteiger partial charge on any atom is 0.225 e. The fourth-order valence-electron chi connectivity index (χ4n) is 5.56. The van der Waals surface area contributed by atoms with Crippen molar-refractivity contribution in [2.24, 2.45) is 17.3 Å². The van der Waals surface area contributed by atoms with E-state index in [1.807, 2.05) is 13.8 Å². The number of likely N-dealkylation sites (tertiary alicyclic amines) is 1. The summed E-state index contributed by atoms with van der Waals surface area (Å²) in [6.07, 6.45) is 5.98. The molecule has 4 rings (SSSR count). The normalized spacial score (nSPS) is 27.0. The van der Waals surface area contributed by atoms with Crippen LogP contribution in [0, 0.1) is 17.3 Å². The highest BCUT2D eigenvalue weighted by atomic mass is 16.5. The van der Waals surface area contributed by atoms with Crippen molar-refractivity contribution in [3.8, 4) is 0 Å². The van der Waals surface area contributed by atoms with Crippen molar-refractivity contribution in [1.29, 1.82) is 0 Å². The predicted molar refractivity (Wildman–Crippen MR) is 112 cm³/mol. The number of amides is 1. The quantitative estimate of drug-likeness (QED) is 0.796. The van der Waals surface area contributed by atoms with E-state index in [9.17, 15) is 4.79 Å². The van der Waals surface area contributed by atoms with Gasteiger partial charge in [-0.3, -0.25) is 4.79 Å². The summed E-state index contributed by atoms with van der Waals surface area (Å²) >= 11 is 0. The Balaban J connectivity index is 1.55. The third-order valence-corrected chi connectivity index (χ3v) is 6.97. The lowest BCUT2D eigenvalue weighted by molar-refractivity contribution is -0.137. The standard InChI is InChI=1S/C24H36N2O2/c1-19(2)23(27)26-16-22-7-4-3-6-21(22)14-24(18-26)10-5-11-25(17-24)15-20-8-12-28-13-9-20/h3-4,6-7,19-20H,5,8-18H2,1-2H3. The van der Waals surface area contributed by atoms with Crippen molar-refractivity contribution in [1.82, 2.24) is 9.80 Å². The lowest BCUT2D eigenvalue weighted by atomic mass is 9.74. The Hall–Kier alpha value is -1.39. The summed E-state index contributed by atoms with van der Waals surface area (Å²) in [6, 6.07) is 8.79. The first-order chi connectivity index (χ1) is 13.5. The van der Waals surface area contributed by atoms with E-state index in [0.29, 0.717) is 5.91 Å². The first-order valence-electron chi connectivity index (χ1n) is 11.2. The van der Waals surface area contributed by atoms with Crippen LogP contribution in [0.5, 0.6) is 0 Å². The molecule has 1 aromatic carbocycles. The van der Waals surface area contributed by atoms with Crippen molar-refractivity contribution in [2.75, 3.05) is 39.4 Å². The van der Waals surface area contributed by atoms with E-state index in [1.54, 1.807) is 0 Å². The SMILES string of the molecule is CC(C)C(=O)N1Cc2ccccc2CC2(CCCN(CC3CCOCC3)C2)C1. The number of hydrogen-bond donors (Lipinski definition) is 0. The summed E-state index contributed by atoms with van der Waals surface area (Å²) < 4.78 is 5.55. The Morgan fingerprint density at radius 2 is 1.93 bits per heavy atom. The number of nitrogens with zero attached hydrogens (tertiary/aromatic N) is 2. The zero-order valence-corrected chi connectivity index (χ0v) is 17.7. The van der Waals surface area contributed by atoms with Crippen LogP contribution < -0.4 is 0 Å². The summed E-state index contributed by atoms with van der Waals surface area (Å²) in [5.74, 6) is 1.14. The van der Waals surface area contributed by atoms with Gasteiger partial charge in [0.15, 0.2) is 0 Å². The molecule has 1 amide bonds. The number of ether oxygens (including phenoxy) is 1. The van der Waals surface area contributed by atoms with E-state index in [4.69, 9.17) is 4.74 Å². The van der Waals surface area contributed by atoms with Crippen LogP contribution in [-0.2, 0) is 22.5 Å². The Labute approximate surface area is 170 Å². The molecule has 3 aliphatic heterocycles. The molecular formula is C24H36N2O2. The van der Waals surface area contributed by atoms with Gasteiger partial charge in [0.25, 0.3) is 0 Å². The lowest BCUT2D eigenvalue weighted by Crippen LogP contribution is -2.52. The molecule has 0 radical (unpaired) electrons. The number of benzene rings is 1. The largest absolute Gasteiger partial charge is 0.381 e. The molecule has 3 heterocycles. The van der Waals surface area contributed by atoms with Gasteiger partial charge in [-0.15, -0.1) is 0 Å². The molecule has 0 aromatic heterocycles. The predicted octanol–water partition coefficient (Wildman–Crippen LogP) is 3.74. The van der Waals surface area contributed by atoms with Crippen molar-refractivity contribution < 1.29 is 9.53 Å². The number of piperidine rings is 1. The second-order valence-corrected chi connectivity index (χ2v) is 9.69. The number of rotatable bonds is 3.